The van der Waals surface area contributed by atoms with Gasteiger partial charge in [-0.25, -0.2) is 0 Å². The quantitative estimate of drug-likeness (QED) is 0.695. The number of carbonyl (C=O) groups is 1. The average molecular weight is 292 g/mol. The molecule has 5 heteroatoms. The van der Waals surface area contributed by atoms with Crippen LogP contribution in [0.5, 0.6) is 11.5 Å². The van der Waals surface area contributed by atoms with Gasteiger partial charge in [0.2, 0.25) is 5.91 Å². The highest BCUT2D eigenvalue weighted by molar-refractivity contribution is 5.82. The zero-order valence-electron chi connectivity index (χ0n) is 12.6. The number of amides is 1. The Morgan fingerprint density at radius 1 is 1.33 bits per heavy atom. The molecule has 1 aromatic rings. The third kappa shape index (κ3) is 4.11. The number of aromatic hydroxyl groups is 2. The molecule has 0 spiro atoms. The Labute approximate surface area is 125 Å². The summed E-state index contributed by atoms with van der Waals surface area (Å²) in [5.74, 6) is 0.0321. The predicted molar refractivity (Wildman–Crippen MR) is 81.0 cm³/mol. The predicted octanol–water partition coefficient (Wildman–Crippen LogP) is 1.61. The van der Waals surface area contributed by atoms with E-state index in [4.69, 9.17) is 5.73 Å². The molecule has 0 saturated heterocycles. The van der Waals surface area contributed by atoms with E-state index >= 15 is 0 Å². The van der Waals surface area contributed by atoms with Gasteiger partial charge in [-0.15, -0.1) is 0 Å². The Morgan fingerprint density at radius 2 is 2.00 bits per heavy atom. The Hall–Kier alpha value is -1.75. The highest BCUT2D eigenvalue weighted by Crippen LogP contribution is 2.29. The van der Waals surface area contributed by atoms with Crippen molar-refractivity contribution < 1.29 is 15.0 Å². The van der Waals surface area contributed by atoms with Crippen LogP contribution >= 0.6 is 0 Å². The molecular formula is C16H24N2O3. The van der Waals surface area contributed by atoms with E-state index in [9.17, 15) is 15.0 Å². The fraction of sp³-hybridized carbons (Fsp3) is 0.562. The highest BCUT2D eigenvalue weighted by Gasteiger charge is 2.34. The number of phenolic OH excluding ortho intramolecular Hbond substituents is 2. The zero-order valence-corrected chi connectivity index (χ0v) is 12.6. The molecule has 1 saturated carbocycles. The van der Waals surface area contributed by atoms with Crippen LogP contribution in [0, 0.1) is 5.92 Å². The summed E-state index contributed by atoms with van der Waals surface area (Å²) >= 11 is 0. The summed E-state index contributed by atoms with van der Waals surface area (Å²) in [5, 5.41) is 18.8. The van der Waals surface area contributed by atoms with Crippen molar-refractivity contribution in [2.24, 2.45) is 11.7 Å². The third-order valence-corrected chi connectivity index (χ3v) is 3.65. The number of hydrogen-bond acceptors (Lipinski definition) is 4. The Kier molecular flexibility index (Phi) is 4.73. The second-order valence-corrected chi connectivity index (χ2v) is 6.25. The lowest BCUT2D eigenvalue weighted by Gasteiger charge is -2.27. The van der Waals surface area contributed by atoms with Gasteiger partial charge < -0.3 is 20.8 Å². The lowest BCUT2D eigenvalue weighted by molar-refractivity contribution is -0.133. The van der Waals surface area contributed by atoms with Crippen molar-refractivity contribution in [2.75, 3.05) is 6.54 Å². The molecule has 1 fully saturated rings. The average Bonchev–Trinajstić information content (AvgIpc) is 3.23. The van der Waals surface area contributed by atoms with Crippen molar-refractivity contribution in [3.63, 3.8) is 0 Å². The summed E-state index contributed by atoms with van der Waals surface area (Å²) in [6.07, 6.45) is 2.48. The molecule has 2 rings (SSSR count). The van der Waals surface area contributed by atoms with Gasteiger partial charge in [-0.1, -0.05) is 19.9 Å². The van der Waals surface area contributed by atoms with Crippen LogP contribution in [0.1, 0.15) is 32.3 Å². The minimum Gasteiger partial charge on any atom is -0.504 e. The van der Waals surface area contributed by atoms with Crippen LogP contribution < -0.4 is 5.73 Å². The van der Waals surface area contributed by atoms with Gasteiger partial charge in [-0.05, 0) is 42.9 Å². The van der Waals surface area contributed by atoms with Crippen LogP contribution in [0.25, 0.3) is 0 Å². The van der Waals surface area contributed by atoms with Gasteiger partial charge in [-0.3, -0.25) is 4.79 Å². The second kappa shape index (κ2) is 6.35. The molecule has 1 aliphatic carbocycles. The minimum atomic E-state index is -0.617. The standard InChI is InChI=1S/C16H24N2O3/c1-10(2)9-18(12-4-5-12)16(21)13(17)7-11-3-6-14(19)15(20)8-11/h3,6,8,10,12-13,19-20H,4-5,7,9,17H2,1-2H3/t13-/m0/s1. The van der Waals surface area contributed by atoms with E-state index < -0.39 is 6.04 Å². The van der Waals surface area contributed by atoms with Crippen molar-refractivity contribution in [3.8, 4) is 11.5 Å². The van der Waals surface area contributed by atoms with Gasteiger partial charge in [0.25, 0.3) is 0 Å². The molecule has 0 aliphatic heterocycles. The number of phenols is 2. The fourth-order valence-corrected chi connectivity index (χ4v) is 2.45. The van der Waals surface area contributed by atoms with E-state index in [1.165, 1.54) is 12.1 Å². The van der Waals surface area contributed by atoms with Crippen molar-refractivity contribution in [2.45, 2.75) is 45.2 Å². The van der Waals surface area contributed by atoms with Crippen LogP contribution in [0.2, 0.25) is 0 Å². The van der Waals surface area contributed by atoms with Gasteiger partial charge in [-0.2, -0.15) is 0 Å². The largest absolute Gasteiger partial charge is 0.504 e. The normalized spacial score (nSPS) is 16.0. The smallest absolute Gasteiger partial charge is 0.240 e. The van der Waals surface area contributed by atoms with E-state index in [1.807, 2.05) is 4.90 Å². The van der Waals surface area contributed by atoms with Crippen LogP contribution in [-0.4, -0.2) is 39.6 Å². The molecule has 0 bridgehead atoms. The topological polar surface area (TPSA) is 86.8 Å². The lowest BCUT2D eigenvalue weighted by atomic mass is 10.0. The van der Waals surface area contributed by atoms with E-state index in [0.717, 1.165) is 24.9 Å². The van der Waals surface area contributed by atoms with Crippen LogP contribution in [0.3, 0.4) is 0 Å². The number of hydrogen-bond donors (Lipinski definition) is 3. The SMILES string of the molecule is CC(C)CN(C(=O)[C@@H](N)Cc1ccc(O)c(O)c1)C1CC1. The zero-order chi connectivity index (χ0) is 15.6. The van der Waals surface area contributed by atoms with Gasteiger partial charge in [0.05, 0.1) is 6.04 Å². The number of nitrogens with two attached hydrogens (primary N) is 1. The van der Waals surface area contributed by atoms with E-state index in [-0.39, 0.29) is 17.4 Å². The molecule has 1 aliphatic rings. The molecule has 21 heavy (non-hydrogen) atoms. The summed E-state index contributed by atoms with van der Waals surface area (Å²) in [6, 6.07) is 4.26. The van der Waals surface area contributed by atoms with Gasteiger partial charge in [0.15, 0.2) is 11.5 Å². The monoisotopic (exact) mass is 292 g/mol. The summed E-state index contributed by atoms with van der Waals surface area (Å²) < 4.78 is 0. The minimum absolute atomic E-state index is 0.0289. The summed E-state index contributed by atoms with van der Waals surface area (Å²) in [6.45, 7) is 4.91. The van der Waals surface area contributed by atoms with Crippen molar-refractivity contribution in [1.82, 2.24) is 4.90 Å². The molecule has 1 atom stereocenters. The number of rotatable bonds is 6. The lowest BCUT2D eigenvalue weighted by Crippen LogP contribution is -2.47. The first-order chi connectivity index (χ1) is 9.88. The summed E-state index contributed by atoms with van der Waals surface area (Å²) in [7, 11) is 0. The highest BCUT2D eigenvalue weighted by atomic mass is 16.3. The first kappa shape index (κ1) is 15.6. The van der Waals surface area contributed by atoms with Crippen molar-refractivity contribution >= 4 is 5.91 Å². The Balaban J connectivity index is 2.01. The molecular weight excluding hydrogens is 268 g/mol. The Bertz CT molecular complexity index is 512. The molecule has 1 aromatic carbocycles. The summed E-state index contributed by atoms with van der Waals surface area (Å²) in [4.78, 5) is 14.4. The van der Waals surface area contributed by atoms with Crippen LogP contribution in [0.15, 0.2) is 18.2 Å². The van der Waals surface area contributed by atoms with E-state index in [1.54, 1.807) is 6.07 Å². The molecule has 0 aromatic heterocycles. The van der Waals surface area contributed by atoms with Gasteiger partial charge in [0.1, 0.15) is 0 Å². The number of nitrogens with zero attached hydrogens (tertiary/aromatic N) is 1. The van der Waals surface area contributed by atoms with Crippen molar-refractivity contribution in [3.05, 3.63) is 23.8 Å². The molecule has 5 nitrogen and oxygen atoms in total. The van der Waals surface area contributed by atoms with Crippen LogP contribution in [-0.2, 0) is 11.2 Å². The maximum absolute atomic E-state index is 12.5. The maximum Gasteiger partial charge on any atom is 0.240 e. The molecule has 116 valence electrons. The first-order valence-corrected chi connectivity index (χ1v) is 7.45. The van der Waals surface area contributed by atoms with E-state index in [0.29, 0.717) is 18.4 Å². The molecule has 0 unspecified atom stereocenters. The molecule has 4 N–H and O–H groups in total. The van der Waals surface area contributed by atoms with Crippen molar-refractivity contribution in [1.29, 1.82) is 0 Å². The van der Waals surface area contributed by atoms with E-state index in [2.05, 4.69) is 13.8 Å². The molecule has 1 amide bonds. The number of benzene rings is 1. The van der Waals surface area contributed by atoms with Gasteiger partial charge in [0, 0.05) is 12.6 Å². The third-order valence-electron chi connectivity index (χ3n) is 3.65. The summed E-state index contributed by atoms with van der Waals surface area (Å²) in [5.41, 5.74) is 6.79. The van der Waals surface area contributed by atoms with Gasteiger partial charge >= 0.3 is 0 Å². The molecule has 0 heterocycles. The Morgan fingerprint density at radius 3 is 2.52 bits per heavy atom. The fourth-order valence-electron chi connectivity index (χ4n) is 2.45. The van der Waals surface area contributed by atoms with Crippen LogP contribution in [0.4, 0.5) is 0 Å². The number of carbonyl (C=O) groups excluding carboxylic acids is 1. The first-order valence-electron chi connectivity index (χ1n) is 7.45. The maximum atomic E-state index is 12.5. The second-order valence-electron chi connectivity index (χ2n) is 6.25. The molecule has 0 radical (unpaired) electrons.